The maximum atomic E-state index is 13.0. The first kappa shape index (κ1) is 70.5. The molecule has 4 fully saturated rings. The minimum Gasteiger partial charge on any atom is -0.503 e. The summed E-state index contributed by atoms with van der Waals surface area (Å²) in [7, 11) is 8.44. The number of halogens is 1. The summed E-state index contributed by atoms with van der Waals surface area (Å²) in [6.07, 6.45) is 6.14. The van der Waals surface area contributed by atoms with Gasteiger partial charge in [0.05, 0.1) is 73.9 Å². The van der Waals surface area contributed by atoms with Crippen molar-refractivity contribution in [3.05, 3.63) is 146 Å². The predicted octanol–water partition coefficient (Wildman–Crippen LogP) is 0.258. The number of carbonyl (C=O) groups is 8. The maximum absolute atomic E-state index is 13.0. The third-order valence-electron chi connectivity index (χ3n) is 16.3. The molecular formula is C60H66FN7O27. The number of carbonyl (C=O) groups excluding carboxylic acids is 5. The monoisotopic (exact) mass is 1340 g/mol. The van der Waals surface area contributed by atoms with Gasteiger partial charge in [0, 0.05) is 57.6 Å². The highest BCUT2D eigenvalue weighted by Crippen LogP contribution is 2.40. The van der Waals surface area contributed by atoms with Crippen LogP contribution < -0.4 is 41.2 Å². The molecule has 2 saturated carbocycles. The van der Waals surface area contributed by atoms with Crippen molar-refractivity contribution in [1.82, 2.24) is 33.4 Å². The van der Waals surface area contributed by atoms with Crippen LogP contribution in [0.2, 0.25) is 0 Å². The number of methoxy groups -OCH3 is 7. The second-order valence-electron chi connectivity index (χ2n) is 21.8. The number of pyridine rings is 4. The number of nitrogens with zero attached hydrogens (tertiary/aromatic N) is 6. The molecule has 4 bridgehead atoms. The van der Waals surface area contributed by atoms with E-state index >= 15 is 0 Å². The van der Waals surface area contributed by atoms with Crippen molar-refractivity contribution in [1.29, 1.82) is 0 Å². The van der Waals surface area contributed by atoms with E-state index in [-0.39, 0.29) is 84.0 Å². The van der Waals surface area contributed by atoms with Crippen LogP contribution in [0.3, 0.4) is 0 Å². The number of aromatic hydroxyl groups is 1. The van der Waals surface area contributed by atoms with E-state index in [1.807, 2.05) is 0 Å². The number of carboxylic acid groups (broad SMARTS) is 3. The number of carboxylic acids is 3. The minimum absolute atomic E-state index is 0.0446. The number of ether oxygens (including phenoxy) is 9. The number of aromatic carboxylic acids is 3. The van der Waals surface area contributed by atoms with Crippen molar-refractivity contribution in [2.45, 2.75) is 121 Å². The molecule has 0 unspecified atom stereocenters. The van der Waals surface area contributed by atoms with Gasteiger partial charge in [-0.3, -0.25) is 33.6 Å². The minimum atomic E-state index is -1.87. The van der Waals surface area contributed by atoms with Gasteiger partial charge in [-0.2, -0.15) is 0 Å². The molecule has 8 heterocycles. The van der Waals surface area contributed by atoms with E-state index in [0.29, 0.717) is 12.1 Å². The van der Waals surface area contributed by atoms with Crippen molar-refractivity contribution in [3.8, 4) is 23.0 Å². The van der Waals surface area contributed by atoms with Crippen molar-refractivity contribution in [2.24, 2.45) is 0 Å². The number of aliphatic hydroxyl groups is 2. The normalized spacial score (nSPS) is 19.2. The van der Waals surface area contributed by atoms with Crippen LogP contribution in [-0.2, 0) is 61.1 Å². The topological polar surface area (TPSA) is 448 Å². The van der Waals surface area contributed by atoms with E-state index in [0.717, 1.165) is 83.9 Å². The lowest BCUT2D eigenvalue weighted by atomic mass is 10.1. The first-order valence-corrected chi connectivity index (χ1v) is 28.8. The Balaban J connectivity index is 0.000000165. The number of esters is 2. The molecule has 4 aliphatic heterocycles. The summed E-state index contributed by atoms with van der Waals surface area (Å²) in [6.45, 7) is 0.0315. The van der Waals surface area contributed by atoms with Crippen molar-refractivity contribution < 1.29 is 116 Å². The number of rotatable bonds is 17. The highest BCUT2D eigenvalue weighted by atomic mass is 19.1. The van der Waals surface area contributed by atoms with Crippen molar-refractivity contribution in [2.75, 3.05) is 49.8 Å². The number of hydrogen-bond acceptors (Lipinski definition) is 24. The van der Waals surface area contributed by atoms with Crippen molar-refractivity contribution in [3.63, 3.8) is 0 Å². The molecule has 2 aliphatic carbocycles. The highest BCUT2D eigenvalue weighted by Gasteiger charge is 2.49. The number of aromatic nitrogens is 4. The molecular weight excluding hydrogens is 1270 g/mol. The summed E-state index contributed by atoms with van der Waals surface area (Å²) in [5.41, 5.74) is -5.47. The van der Waals surface area contributed by atoms with Gasteiger partial charge >= 0.3 is 29.8 Å². The zero-order valence-corrected chi connectivity index (χ0v) is 51.8. The van der Waals surface area contributed by atoms with Crippen LogP contribution in [0.25, 0.3) is 0 Å². The number of nitrogens with one attached hydrogen (secondary N) is 1. The first-order valence-electron chi connectivity index (χ1n) is 28.8. The standard InChI is InChI=1S/C21H20FN3O5.C15H16N2O6.C13H17NO8.C11H13NO8/c22-12-3-1-11(2-4-12)8-23-20(28)15-9-24-10-16-25(13-5-6-14(7-13)30-16)21(29)17(24)19(27)18(15)26;1-22-13-11-14(19)17-7-2-3-8(4-7)23-10(17)6-16(11)5-9(12(13)18)15(20)21;1-19-8(20-2)6-14-5-7(12(16)17)10(15)11(21-3)9(14)13(18)22-4;1-19-9-7(11(18)20-2)12(4-6(13)14)3-5(8(9)15)10(16)17/h1-4,9,13-14,16,27H,5-8,10H2,(H,23,28);5,7-8,10H,2-4,6H2,1H3,(H,20,21);5,8H,6H2,1-4H3,(H,16,17);3,6,13-14H,4H2,1-2H3,(H,16,17)/t13-,14+,16+;7-,8+,10+;;/m11../s1. The van der Waals surface area contributed by atoms with E-state index in [1.54, 1.807) is 9.80 Å². The fourth-order valence-electron chi connectivity index (χ4n) is 11.9. The molecule has 7 N–H and O–H groups in total. The molecule has 35 heteroatoms. The van der Waals surface area contributed by atoms with Gasteiger partial charge < -0.3 is 107 Å². The van der Waals surface area contributed by atoms with Crippen LogP contribution in [0.4, 0.5) is 4.39 Å². The molecule has 510 valence electrons. The van der Waals surface area contributed by atoms with Crippen LogP contribution in [0.5, 0.6) is 23.0 Å². The molecule has 6 atom stereocenters. The second-order valence-corrected chi connectivity index (χ2v) is 21.8. The fraction of sp³-hybridized carbons (Fsp3) is 0.433. The third-order valence-corrected chi connectivity index (χ3v) is 16.3. The molecule has 5 aromatic rings. The SMILES string of the molecule is COC(=O)c1c(OC)c(=O)c(C(=O)O)cn1CC(O)O.COC(=O)c1c(OC)c(=O)c(C(=O)O)cn1CC(OC)OC.COc1c2n(cc(C(=O)O)c1=O)C[C@@H]1O[C@H]3CC[C@H](C3)N1C2=O.O=C(NCc1ccc(F)cc1)c1cn2c(c(O)c1=O)C(=O)N1[C@@H]3CC[C@@H](C3)O[C@H]1C2. The molecule has 34 nitrogen and oxygen atoms in total. The van der Waals surface area contributed by atoms with E-state index in [2.05, 4.69) is 14.8 Å². The Morgan fingerprint density at radius 2 is 0.989 bits per heavy atom. The van der Waals surface area contributed by atoms with Crippen LogP contribution >= 0.6 is 0 Å². The largest absolute Gasteiger partial charge is 0.503 e. The van der Waals surface area contributed by atoms with Gasteiger partial charge in [-0.05, 0) is 56.2 Å². The third kappa shape index (κ3) is 14.4. The summed E-state index contributed by atoms with van der Waals surface area (Å²) in [5, 5.41) is 58.2. The summed E-state index contributed by atoms with van der Waals surface area (Å²) in [6, 6.07) is 5.75. The molecule has 0 spiro atoms. The molecule has 11 rings (SSSR count). The molecule has 3 amide bonds. The van der Waals surface area contributed by atoms with E-state index in [1.165, 1.54) is 71.7 Å². The molecule has 6 aliphatic rings. The molecule has 1 aromatic carbocycles. The van der Waals surface area contributed by atoms with Crippen molar-refractivity contribution >= 4 is 47.6 Å². The van der Waals surface area contributed by atoms with Gasteiger partial charge in [0.15, 0.2) is 70.8 Å². The molecule has 0 radical (unpaired) electrons. The Kier molecular flexibility index (Phi) is 22.1. The zero-order valence-electron chi connectivity index (χ0n) is 51.8. The summed E-state index contributed by atoms with van der Waals surface area (Å²) in [5.74, 6) is -9.92. The fourth-order valence-corrected chi connectivity index (χ4v) is 11.9. The number of hydrogen-bond donors (Lipinski definition) is 7. The van der Waals surface area contributed by atoms with Gasteiger partial charge in [0.1, 0.15) is 28.1 Å². The lowest BCUT2D eigenvalue weighted by molar-refractivity contribution is -0.132. The Morgan fingerprint density at radius 1 is 0.568 bits per heavy atom. The van der Waals surface area contributed by atoms with Gasteiger partial charge in [-0.1, -0.05) is 12.1 Å². The number of fused-ring (bicyclic) bond motifs is 10. The van der Waals surface area contributed by atoms with Crippen LogP contribution in [0, 0.1) is 5.82 Å². The summed E-state index contributed by atoms with van der Waals surface area (Å²) >= 11 is 0. The zero-order chi connectivity index (χ0) is 69.6. The number of benzene rings is 1. The van der Waals surface area contributed by atoms with Gasteiger partial charge in [0.25, 0.3) is 17.7 Å². The van der Waals surface area contributed by atoms with Gasteiger partial charge in [0.2, 0.25) is 21.7 Å². The smallest absolute Gasteiger partial charge is 0.358 e. The van der Waals surface area contributed by atoms with Crippen LogP contribution in [-0.4, -0.2) is 205 Å². The quantitative estimate of drug-likeness (QED) is 0.0485. The average molecular weight is 1340 g/mol. The van der Waals surface area contributed by atoms with Gasteiger partial charge in [-0.25, -0.2) is 28.4 Å². The van der Waals surface area contributed by atoms with E-state index < -0.39 is 135 Å². The highest BCUT2D eigenvalue weighted by molar-refractivity contribution is 6.00. The molecule has 95 heavy (non-hydrogen) atoms. The first-order chi connectivity index (χ1) is 45.2. The summed E-state index contributed by atoms with van der Waals surface area (Å²) < 4.78 is 63.7. The van der Waals surface area contributed by atoms with Gasteiger partial charge in [-0.15, -0.1) is 0 Å². The van der Waals surface area contributed by atoms with Crippen LogP contribution in [0.1, 0.15) is 127 Å². The van der Waals surface area contributed by atoms with E-state index in [4.69, 9.17) is 53.6 Å². The number of aliphatic hydroxyl groups excluding tert-OH is 1. The van der Waals surface area contributed by atoms with Crippen LogP contribution in [0.15, 0.2) is 68.2 Å². The Morgan fingerprint density at radius 3 is 1.42 bits per heavy atom. The lowest BCUT2D eigenvalue weighted by Crippen LogP contribution is -2.57. The second kappa shape index (κ2) is 29.7. The Hall–Kier alpha value is -10.3. The average Bonchev–Trinajstić information content (AvgIpc) is 1.73. The maximum Gasteiger partial charge on any atom is 0.358 e. The predicted molar refractivity (Wildman–Crippen MR) is 316 cm³/mol. The Labute approximate surface area is 535 Å². The lowest BCUT2D eigenvalue weighted by Gasteiger charge is -2.44. The molecule has 4 aromatic heterocycles. The number of amides is 3. The Bertz CT molecular complexity index is 4100. The molecule has 2 saturated heterocycles. The summed E-state index contributed by atoms with van der Waals surface area (Å²) in [4.78, 5) is 148. The van der Waals surface area contributed by atoms with E-state index in [9.17, 15) is 72.1 Å².